The molecule has 0 fully saturated rings. The Morgan fingerprint density at radius 2 is 1.80 bits per heavy atom. The van der Waals surface area contributed by atoms with Crippen molar-refractivity contribution in [2.45, 2.75) is 30.7 Å². The zero-order valence-electron chi connectivity index (χ0n) is 23.5. The van der Waals surface area contributed by atoms with Crippen LogP contribution in [0, 0.1) is 10.8 Å². The van der Waals surface area contributed by atoms with Gasteiger partial charge in [0.15, 0.2) is 5.96 Å². The van der Waals surface area contributed by atoms with Crippen LogP contribution in [0.4, 0.5) is 0 Å². The maximum absolute atomic E-state index is 13.5. The number of benzene rings is 2. The van der Waals surface area contributed by atoms with E-state index < -0.39 is 27.9 Å². The highest BCUT2D eigenvalue weighted by atomic mass is 32.2. The van der Waals surface area contributed by atoms with Crippen molar-refractivity contribution in [3.8, 4) is 11.5 Å². The van der Waals surface area contributed by atoms with Crippen molar-refractivity contribution < 1.29 is 37.0 Å². The normalized spacial score (nSPS) is 11.5. The van der Waals surface area contributed by atoms with Gasteiger partial charge in [0.25, 0.3) is 0 Å². The maximum Gasteiger partial charge on any atom is 0.325 e. The summed E-state index contributed by atoms with van der Waals surface area (Å²) in [6.07, 6.45) is 0.345. The number of nitrogens with two attached hydrogens (primary N) is 2. The van der Waals surface area contributed by atoms with Crippen molar-refractivity contribution >= 4 is 38.6 Å². The molecule has 5 N–H and O–H groups in total. The molecule has 41 heavy (non-hydrogen) atoms. The molecule has 0 bridgehead atoms. The minimum Gasteiger partial charge on any atom is -0.497 e. The second kappa shape index (κ2) is 17.5. The summed E-state index contributed by atoms with van der Waals surface area (Å²) in [5.41, 5.74) is 10.8. The van der Waals surface area contributed by atoms with Crippen LogP contribution in [-0.4, -0.2) is 91.4 Å². The van der Waals surface area contributed by atoms with E-state index in [9.17, 15) is 18.0 Å². The van der Waals surface area contributed by atoms with Crippen molar-refractivity contribution in [1.29, 1.82) is 10.8 Å². The Labute approximate surface area is 239 Å². The lowest BCUT2D eigenvalue weighted by molar-refractivity contribution is -0.149. The zero-order chi connectivity index (χ0) is 31.0. The number of hydrogen-bond donors (Lipinski definition) is 3. The number of carbonyl (C=O) groups is 2. The summed E-state index contributed by atoms with van der Waals surface area (Å²) in [4.78, 5) is 30.7. The predicted octanol–water partition coefficient (Wildman–Crippen LogP) is 0.626. The summed E-state index contributed by atoms with van der Waals surface area (Å²) in [7, 11) is 0.172. The molecule has 2 aromatic carbocycles. The van der Waals surface area contributed by atoms with Crippen LogP contribution in [0.25, 0.3) is 10.8 Å². The molecule has 1 amide bonds. The van der Waals surface area contributed by atoms with E-state index in [4.69, 9.17) is 41.2 Å². The van der Waals surface area contributed by atoms with Gasteiger partial charge in [0.1, 0.15) is 24.1 Å². The largest absolute Gasteiger partial charge is 0.497 e. The summed E-state index contributed by atoms with van der Waals surface area (Å²) < 4.78 is 50.3. The Hall–Kier alpha value is -4.20. The molecule has 16 heteroatoms. The molecule has 15 nitrogen and oxygen atoms in total. The molecular weight excluding hydrogens is 558 g/mol. The monoisotopic (exact) mass is 595 g/mol. The molecular formula is C25H37N7O8S. The molecule has 0 saturated carbocycles. The second-order valence-corrected chi connectivity index (χ2v) is 10.1. The lowest BCUT2D eigenvalue weighted by Crippen LogP contribution is -2.51. The van der Waals surface area contributed by atoms with Crippen LogP contribution in [0.2, 0.25) is 0 Å². The zero-order valence-corrected chi connectivity index (χ0v) is 24.3. The molecule has 2 rings (SSSR count). The van der Waals surface area contributed by atoms with Gasteiger partial charge in [-0.15, -0.1) is 0 Å². The molecule has 0 aliphatic carbocycles. The van der Waals surface area contributed by atoms with Gasteiger partial charge in [0.2, 0.25) is 15.9 Å². The van der Waals surface area contributed by atoms with Gasteiger partial charge >= 0.3 is 5.97 Å². The Morgan fingerprint density at radius 3 is 2.39 bits per heavy atom. The minimum absolute atomic E-state index is 0.0475. The number of hydrogen-bond acceptors (Lipinski definition) is 11. The topological polar surface area (TPSA) is 232 Å². The minimum atomic E-state index is -4.23. The summed E-state index contributed by atoms with van der Waals surface area (Å²) in [6, 6.07) is 6.75. The molecule has 0 aromatic heterocycles. The van der Waals surface area contributed by atoms with E-state index in [0.29, 0.717) is 22.3 Å². The molecule has 2 aromatic rings. The molecule has 226 valence electrons. The fourth-order valence-electron chi connectivity index (χ4n) is 3.77. The summed E-state index contributed by atoms with van der Waals surface area (Å²) in [5, 5.41) is 13.2. The first-order chi connectivity index (χ1) is 19.6. The van der Waals surface area contributed by atoms with Crippen molar-refractivity contribution in [3.05, 3.63) is 30.3 Å². The third-order valence-electron chi connectivity index (χ3n) is 5.67. The fourth-order valence-corrected chi connectivity index (χ4v) is 5.04. The number of ether oxygens (including phenoxy) is 4. The number of aliphatic imine (C=N–C) groups is 1. The van der Waals surface area contributed by atoms with Gasteiger partial charge in [-0.2, -0.15) is 4.72 Å². The Bertz CT molecular complexity index is 1310. The maximum atomic E-state index is 13.5. The number of guanidine groups is 1. The third-order valence-corrected chi connectivity index (χ3v) is 7.12. The highest BCUT2D eigenvalue weighted by Crippen LogP contribution is 2.32. The second-order valence-electron chi connectivity index (χ2n) is 8.39. The van der Waals surface area contributed by atoms with Crippen LogP contribution in [0.5, 0.6) is 11.5 Å². The van der Waals surface area contributed by atoms with E-state index in [1.807, 2.05) is 0 Å². The van der Waals surface area contributed by atoms with Crippen molar-refractivity contribution in [2.24, 2.45) is 16.5 Å². The van der Waals surface area contributed by atoms with Gasteiger partial charge in [-0.05, 0) is 43.4 Å². The van der Waals surface area contributed by atoms with Crippen LogP contribution in [0.15, 0.2) is 40.2 Å². The van der Waals surface area contributed by atoms with Gasteiger partial charge < -0.3 is 35.3 Å². The first-order valence-electron chi connectivity index (χ1n) is 12.4. The first kappa shape index (κ1) is 34.8. The summed E-state index contributed by atoms with van der Waals surface area (Å²) in [5.74, 6) is -0.475. The SMILES string of the molecule is CCOC(=O)CN(CCOC)C(=O)[C@H](CCCN=C(N)N)NS(=O)(=O)c1cc(OC)c2cc(OC)ccc2c1.N#N. The average molecular weight is 596 g/mol. The molecule has 0 aliphatic heterocycles. The Kier molecular flexibility index (Phi) is 14.8. The van der Waals surface area contributed by atoms with Gasteiger partial charge in [-0.3, -0.25) is 14.6 Å². The van der Waals surface area contributed by atoms with E-state index in [1.54, 1.807) is 25.1 Å². The quantitative estimate of drug-likeness (QED) is 0.0797. The van der Waals surface area contributed by atoms with Gasteiger partial charge in [0.05, 0.1) is 32.3 Å². The van der Waals surface area contributed by atoms with E-state index in [-0.39, 0.29) is 56.5 Å². The van der Waals surface area contributed by atoms with Crippen molar-refractivity contribution in [2.75, 3.05) is 54.2 Å². The predicted molar refractivity (Wildman–Crippen MR) is 150 cm³/mol. The third kappa shape index (κ3) is 10.7. The van der Waals surface area contributed by atoms with Crippen LogP contribution >= 0.6 is 0 Å². The summed E-state index contributed by atoms with van der Waals surface area (Å²) >= 11 is 0. The van der Waals surface area contributed by atoms with Crippen LogP contribution in [-0.2, 0) is 29.1 Å². The van der Waals surface area contributed by atoms with E-state index >= 15 is 0 Å². The Balaban J connectivity index is 0.00000411. The standard InChI is InChI=1S/C25H37N5O8S.N2/c1-5-38-23(31)16-30(11-12-35-2)24(32)21(7-6-10-28-25(26)27)29-39(33,34)19-13-17-8-9-18(36-3)14-20(17)22(15-19)37-4;1-2/h8-9,13-15,21,29H,5-7,10-12,16H2,1-4H3,(H4,26,27,28);/t21-;/m0./s1. The highest BCUT2D eigenvalue weighted by molar-refractivity contribution is 7.89. The van der Waals surface area contributed by atoms with Crippen LogP contribution in [0.3, 0.4) is 0 Å². The number of nitrogens with zero attached hydrogens (tertiary/aromatic N) is 4. The lowest BCUT2D eigenvalue weighted by atomic mass is 10.1. The number of amides is 1. The van der Waals surface area contributed by atoms with Gasteiger partial charge in [0, 0.05) is 42.4 Å². The fraction of sp³-hybridized carbons (Fsp3) is 0.480. The lowest BCUT2D eigenvalue weighted by Gasteiger charge is -2.27. The number of nitrogens with one attached hydrogen (secondary N) is 1. The van der Waals surface area contributed by atoms with E-state index in [2.05, 4.69) is 9.71 Å². The van der Waals surface area contributed by atoms with E-state index in [1.165, 1.54) is 38.4 Å². The van der Waals surface area contributed by atoms with Crippen molar-refractivity contribution in [3.63, 3.8) is 0 Å². The first-order valence-corrected chi connectivity index (χ1v) is 13.9. The molecule has 0 spiro atoms. The number of esters is 1. The molecule has 0 unspecified atom stereocenters. The summed E-state index contributed by atoms with van der Waals surface area (Å²) in [6.45, 7) is 1.77. The number of fused-ring (bicyclic) bond motifs is 1. The average Bonchev–Trinajstić information content (AvgIpc) is 2.96. The van der Waals surface area contributed by atoms with Crippen LogP contribution in [0.1, 0.15) is 19.8 Å². The number of sulfonamides is 1. The molecule has 1 atom stereocenters. The molecule has 0 aliphatic rings. The molecule has 0 heterocycles. The Morgan fingerprint density at radius 1 is 1.10 bits per heavy atom. The van der Waals surface area contributed by atoms with E-state index in [0.717, 1.165) is 0 Å². The number of methoxy groups -OCH3 is 3. The van der Waals surface area contributed by atoms with Gasteiger partial charge in [-0.25, -0.2) is 8.42 Å². The van der Waals surface area contributed by atoms with Gasteiger partial charge in [-0.1, -0.05) is 6.07 Å². The smallest absolute Gasteiger partial charge is 0.325 e. The number of rotatable bonds is 16. The van der Waals surface area contributed by atoms with Crippen LogP contribution < -0.4 is 25.7 Å². The number of carbonyl (C=O) groups excluding carboxylic acids is 2. The highest BCUT2D eigenvalue weighted by Gasteiger charge is 2.31. The molecule has 0 saturated heterocycles. The van der Waals surface area contributed by atoms with Crippen molar-refractivity contribution in [1.82, 2.24) is 9.62 Å². The molecule has 0 radical (unpaired) electrons.